The van der Waals surface area contributed by atoms with Gasteiger partial charge >= 0.3 is 0 Å². The third-order valence-electron chi connectivity index (χ3n) is 2.76. The molecule has 2 aromatic carbocycles. The highest BCUT2D eigenvalue weighted by Gasteiger charge is 2.20. The number of benzene rings is 2. The van der Waals surface area contributed by atoms with Gasteiger partial charge in [0.05, 0.1) is 16.4 Å². The Kier molecular flexibility index (Phi) is 4.32. The van der Waals surface area contributed by atoms with Gasteiger partial charge in [-0.1, -0.05) is 23.2 Å². The Morgan fingerprint density at radius 1 is 1.14 bits per heavy atom. The number of hydrogen-bond donors (Lipinski definition) is 2. The molecule has 2 aromatic rings. The maximum absolute atomic E-state index is 13.2. The van der Waals surface area contributed by atoms with Crippen LogP contribution >= 0.6 is 23.2 Å². The summed E-state index contributed by atoms with van der Waals surface area (Å²) in [6.07, 6.45) is 0. The lowest BCUT2D eigenvalue weighted by Crippen LogP contribution is -2.15. The van der Waals surface area contributed by atoms with Gasteiger partial charge in [0.1, 0.15) is 10.7 Å². The van der Waals surface area contributed by atoms with Crippen molar-refractivity contribution in [2.45, 2.75) is 11.8 Å². The van der Waals surface area contributed by atoms with E-state index in [9.17, 15) is 12.8 Å². The van der Waals surface area contributed by atoms with Crippen LogP contribution in [0.5, 0.6) is 0 Å². The third kappa shape index (κ3) is 3.40. The Morgan fingerprint density at radius 2 is 1.81 bits per heavy atom. The molecule has 0 heterocycles. The molecule has 0 aromatic heterocycles. The zero-order valence-corrected chi connectivity index (χ0v) is 13.2. The summed E-state index contributed by atoms with van der Waals surface area (Å²) in [5, 5.41) is 0.528. The van der Waals surface area contributed by atoms with Crippen molar-refractivity contribution in [3.05, 3.63) is 51.8 Å². The van der Waals surface area contributed by atoms with Crippen LogP contribution in [0.1, 0.15) is 5.56 Å². The van der Waals surface area contributed by atoms with E-state index in [2.05, 4.69) is 4.72 Å². The molecule has 0 fully saturated rings. The van der Waals surface area contributed by atoms with E-state index in [4.69, 9.17) is 28.9 Å². The van der Waals surface area contributed by atoms with Crippen molar-refractivity contribution in [3.63, 3.8) is 0 Å². The predicted molar refractivity (Wildman–Crippen MR) is 82.8 cm³/mol. The maximum Gasteiger partial charge on any atom is 0.264 e. The molecule has 0 aliphatic rings. The summed E-state index contributed by atoms with van der Waals surface area (Å²) in [6.45, 7) is 1.73. The second kappa shape index (κ2) is 5.71. The van der Waals surface area contributed by atoms with Crippen LogP contribution in [0.4, 0.5) is 15.8 Å². The summed E-state index contributed by atoms with van der Waals surface area (Å²) in [7, 11) is -4.08. The highest BCUT2D eigenvalue weighted by atomic mass is 35.5. The molecule has 112 valence electrons. The molecule has 4 nitrogen and oxygen atoms in total. The van der Waals surface area contributed by atoms with Crippen molar-refractivity contribution in [2.24, 2.45) is 0 Å². The first-order valence-electron chi connectivity index (χ1n) is 5.74. The normalized spacial score (nSPS) is 11.4. The van der Waals surface area contributed by atoms with Gasteiger partial charge in [0, 0.05) is 5.02 Å². The Labute approximate surface area is 131 Å². The molecule has 0 unspecified atom stereocenters. The highest BCUT2D eigenvalue weighted by Crippen LogP contribution is 2.31. The van der Waals surface area contributed by atoms with Crippen LogP contribution in [0.3, 0.4) is 0 Å². The van der Waals surface area contributed by atoms with Gasteiger partial charge < -0.3 is 5.73 Å². The first-order valence-corrected chi connectivity index (χ1v) is 7.98. The van der Waals surface area contributed by atoms with E-state index < -0.39 is 15.8 Å². The number of nitrogen functional groups attached to an aromatic ring is 1. The van der Waals surface area contributed by atoms with Crippen molar-refractivity contribution in [2.75, 3.05) is 10.5 Å². The van der Waals surface area contributed by atoms with E-state index in [-0.39, 0.29) is 21.3 Å². The first-order chi connectivity index (χ1) is 9.70. The lowest BCUT2D eigenvalue weighted by Gasteiger charge is -2.12. The minimum absolute atomic E-state index is 0.0711. The molecule has 0 aliphatic carbocycles. The number of anilines is 2. The Hall–Kier alpha value is -1.50. The number of halogens is 3. The van der Waals surface area contributed by atoms with Crippen LogP contribution in [0.15, 0.2) is 35.2 Å². The highest BCUT2D eigenvalue weighted by molar-refractivity contribution is 7.92. The molecular formula is C13H11Cl2FN2O2S. The average molecular weight is 349 g/mol. The summed E-state index contributed by atoms with van der Waals surface area (Å²) < 4.78 is 40.0. The van der Waals surface area contributed by atoms with Crippen LogP contribution in [-0.4, -0.2) is 8.42 Å². The summed E-state index contributed by atoms with van der Waals surface area (Å²) in [6, 6.07) is 5.99. The predicted octanol–water partition coefficient (Wildman–Crippen LogP) is 3.82. The van der Waals surface area contributed by atoms with Crippen LogP contribution < -0.4 is 10.5 Å². The second-order valence-electron chi connectivity index (χ2n) is 4.37. The molecule has 0 amide bonds. The van der Waals surface area contributed by atoms with Gasteiger partial charge in [-0.2, -0.15) is 0 Å². The van der Waals surface area contributed by atoms with Crippen molar-refractivity contribution >= 4 is 44.6 Å². The molecule has 0 spiro atoms. The molecule has 3 N–H and O–H groups in total. The van der Waals surface area contributed by atoms with Gasteiger partial charge in [0.2, 0.25) is 0 Å². The Morgan fingerprint density at radius 3 is 2.48 bits per heavy atom. The van der Waals surface area contributed by atoms with Crippen molar-refractivity contribution in [1.29, 1.82) is 0 Å². The average Bonchev–Trinajstić information content (AvgIpc) is 2.38. The van der Waals surface area contributed by atoms with Crippen LogP contribution in [-0.2, 0) is 10.0 Å². The van der Waals surface area contributed by atoms with Gasteiger partial charge in [-0.3, -0.25) is 4.72 Å². The van der Waals surface area contributed by atoms with Gasteiger partial charge in [-0.05, 0) is 42.8 Å². The van der Waals surface area contributed by atoms with E-state index in [0.717, 1.165) is 12.1 Å². The molecule has 21 heavy (non-hydrogen) atoms. The van der Waals surface area contributed by atoms with E-state index in [1.165, 1.54) is 18.2 Å². The van der Waals surface area contributed by atoms with Gasteiger partial charge in [0.15, 0.2) is 0 Å². The summed E-state index contributed by atoms with van der Waals surface area (Å²) in [5.41, 5.74) is 6.30. The van der Waals surface area contributed by atoms with E-state index in [1.54, 1.807) is 6.92 Å². The standard InChI is InChI=1S/C13H11Cl2FN2O2S/c1-7-4-10(15)12(6-9(7)14)18-21(19,20)13-5-8(16)2-3-11(13)17/h2-6,18H,17H2,1H3. The van der Waals surface area contributed by atoms with E-state index in [0.29, 0.717) is 10.6 Å². The molecule has 0 aliphatic heterocycles. The zero-order valence-electron chi connectivity index (χ0n) is 10.8. The molecule has 0 saturated carbocycles. The lowest BCUT2D eigenvalue weighted by molar-refractivity contribution is 0.596. The molecule has 0 radical (unpaired) electrons. The summed E-state index contributed by atoms with van der Waals surface area (Å²) >= 11 is 11.9. The maximum atomic E-state index is 13.2. The quantitative estimate of drug-likeness (QED) is 0.828. The molecule has 0 saturated heterocycles. The monoisotopic (exact) mass is 348 g/mol. The Bertz CT molecular complexity index is 810. The molecule has 2 rings (SSSR count). The SMILES string of the molecule is Cc1cc(Cl)c(NS(=O)(=O)c2cc(F)ccc2N)cc1Cl. The minimum atomic E-state index is -4.08. The fourth-order valence-corrected chi connectivity index (χ4v) is 3.36. The fraction of sp³-hybridized carbons (Fsp3) is 0.0769. The van der Waals surface area contributed by atoms with Crippen molar-refractivity contribution < 1.29 is 12.8 Å². The van der Waals surface area contributed by atoms with E-state index in [1.807, 2.05) is 0 Å². The number of aryl methyl sites for hydroxylation is 1. The fourth-order valence-electron chi connectivity index (χ4n) is 1.67. The number of nitrogens with two attached hydrogens (primary N) is 1. The van der Waals surface area contributed by atoms with Gasteiger partial charge in [-0.15, -0.1) is 0 Å². The van der Waals surface area contributed by atoms with Crippen LogP contribution in [0.2, 0.25) is 10.0 Å². The smallest absolute Gasteiger partial charge is 0.264 e. The minimum Gasteiger partial charge on any atom is -0.398 e. The first kappa shape index (κ1) is 15.9. The largest absolute Gasteiger partial charge is 0.398 e. The Balaban J connectivity index is 2.47. The van der Waals surface area contributed by atoms with Gasteiger partial charge in [-0.25, -0.2) is 12.8 Å². The molecule has 8 heteroatoms. The molecular weight excluding hydrogens is 338 g/mol. The number of hydrogen-bond acceptors (Lipinski definition) is 3. The number of rotatable bonds is 3. The van der Waals surface area contributed by atoms with Crippen molar-refractivity contribution in [3.8, 4) is 0 Å². The van der Waals surface area contributed by atoms with Crippen LogP contribution in [0, 0.1) is 12.7 Å². The van der Waals surface area contributed by atoms with E-state index >= 15 is 0 Å². The summed E-state index contributed by atoms with van der Waals surface area (Å²) in [4.78, 5) is -0.365. The second-order valence-corrected chi connectivity index (χ2v) is 6.83. The number of sulfonamides is 1. The molecule has 0 atom stereocenters. The third-order valence-corrected chi connectivity index (χ3v) is 4.90. The zero-order chi connectivity index (χ0) is 15.8. The number of nitrogens with one attached hydrogen (secondary N) is 1. The lowest BCUT2D eigenvalue weighted by atomic mass is 10.2. The van der Waals surface area contributed by atoms with Crippen molar-refractivity contribution in [1.82, 2.24) is 0 Å². The topological polar surface area (TPSA) is 72.2 Å². The van der Waals surface area contributed by atoms with Crippen LogP contribution in [0.25, 0.3) is 0 Å². The summed E-state index contributed by atoms with van der Waals surface area (Å²) in [5.74, 6) is -0.711. The van der Waals surface area contributed by atoms with Gasteiger partial charge in [0.25, 0.3) is 10.0 Å². The molecule has 0 bridgehead atoms.